The Morgan fingerprint density at radius 1 is 1.09 bits per heavy atom. The molecule has 0 aliphatic heterocycles. The van der Waals surface area contributed by atoms with E-state index in [1.54, 1.807) is 24.3 Å². The van der Waals surface area contributed by atoms with E-state index in [9.17, 15) is 19.7 Å². The molecule has 112 valence electrons. The van der Waals surface area contributed by atoms with E-state index >= 15 is 0 Å². The van der Waals surface area contributed by atoms with E-state index in [1.165, 1.54) is 24.3 Å². The monoisotopic (exact) mass is 316 g/mol. The molecule has 0 aromatic heterocycles. The maximum atomic E-state index is 12.0. The number of nitrogens with zero attached hydrogens (tertiary/aromatic N) is 1. The van der Waals surface area contributed by atoms with Gasteiger partial charge in [0.1, 0.15) is 0 Å². The Bertz CT molecular complexity index is 729. The van der Waals surface area contributed by atoms with Crippen LogP contribution in [-0.4, -0.2) is 21.6 Å². The molecule has 0 radical (unpaired) electrons. The SMILES string of the molecule is Nc1ccccc1C(=O)SCC(=O)c1ccc([N+](=O)[O-])cc1. The van der Waals surface area contributed by atoms with Crippen LogP contribution in [0, 0.1) is 10.1 Å². The van der Waals surface area contributed by atoms with Crippen LogP contribution >= 0.6 is 11.8 Å². The summed E-state index contributed by atoms with van der Waals surface area (Å²) in [6.45, 7) is 0. The number of nitro groups is 1. The van der Waals surface area contributed by atoms with E-state index in [4.69, 9.17) is 5.73 Å². The molecule has 0 aliphatic rings. The molecule has 0 amide bonds. The average Bonchev–Trinajstić information content (AvgIpc) is 2.52. The quantitative estimate of drug-likeness (QED) is 0.394. The highest BCUT2D eigenvalue weighted by Crippen LogP contribution is 2.20. The van der Waals surface area contributed by atoms with E-state index in [-0.39, 0.29) is 22.3 Å². The van der Waals surface area contributed by atoms with Gasteiger partial charge in [-0.05, 0) is 24.3 Å². The van der Waals surface area contributed by atoms with Crippen molar-refractivity contribution in [2.75, 3.05) is 11.5 Å². The van der Waals surface area contributed by atoms with Crippen molar-refractivity contribution in [1.82, 2.24) is 0 Å². The normalized spacial score (nSPS) is 10.2. The smallest absolute Gasteiger partial charge is 0.269 e. The first-order chi connectivity index (χ1) is 10.5. The van der Waals surface area contributed by atoms with Crippen molar-refractivity contribution in [2.24, 2.45) is 0 Å². The second kappa shape index (κ2) is 6.86. The number of nitro benzene ring substituents is 1. The average molecular weight is 316 g/mol. The van der Waals surface area contributed by atoms with Gasteiger partial charge >= 0.3 is 0 Å². The molecule has 0 spiro atoms. The highest BCUT2D eigenvalue weighted by atomic mass is 32.2. The Labute approximate surface area is 130 Å². The number of para-hydroxylation sites is 1. The van der Waals surface area contributed by atoms with Crippen LogP contribution < -0.4 is 5.73 Å². The summed E-state index contributed by atoms with van der Waals surface area (Å²) >= 11 is 0.855. The van der Waals surface area contributed by atoms with Crippen molar-refractivity contribution in [3.8, 4) is 0 Å². The number of hydrogen-bond acceptors (Lipinski definition) is 6. The zero-order valence-corrected chi connectivity index (χ0v) is 12.2. The van der Waals surface area contributed by atoms with Crippen LogP contribution in [0.4, 0.5) is 11.4 Å². The fourth-order valence-electron chi connectivity index (χ4n) is 1.74. The first-order valence-corrected chi connectivity index (χ1v) is 7.27. The molecule has 0 saturated carbocycles. The van der Waals surface area contributed by atoms with Crippen LogP contribution in [0.25, 0.3) is 0 Å². The Morgan fingerprint density at radius 3 is 2.32 bits per heavy atom. The van der Waals surface area contributed by atoms with Crippen LogP contribution in [0.5, 0.6) is 0 Å². The zero-order valence-electron chi connectivity index (χ0n) is 11.4. The van der Waals surface area contributed by atoms with E-state index in [2.05, 4.69) is 0 Å². The van der Waals surface area contributed by atoms with Crippen LogP contribution in [0.3, 0.4) is 0 Å². The molecule has 2 aromatic carbocycles. The molecule has 22 heavy (non-hydrogen) atoms. The number of Topliss-reactive ketones (excluding diaryl/α,β-unsaturated/α-hetero) is 1. The fourth-order valence-corrected chi connectivity index (χ4v) is 2.51. The maximum absolute atomic E-state index is 12.0. The van der Waals surface area contributed by atoms with Crippen LogP contribution in [0.2, 0.25) is 0 Å². The van der Waals surface area contributed by atoms with Crippen molar-refractivity contribution < 1.29 is 14.5 Å². The third-order valence-electron chi connectivity index (χ3n) is 2.92. The van der Waals surface area contributed by atoms with Crippen molar-refractivity contribution in [1.29, 1.82) is 0 Å². The predicted octanol–water partition coefficient (Wildman–Crippen LogP) is 2.93. The summed E-state index contributed by atoms with van der Waals surface area (Å²) in [4.78, 5) is 34.0. The Hall–Kier alpha value is -2.67. The van der Waals surface area contributed by atoms with Gasteiger partial charge in [-0.25, -0.2) is 0 Å². The fraction of sp³-hybridized carbons (Fsp3) is 0.0667. The van der Waals surface area contributed by atoms with Crippen LogP contribution in [0.1, 0.15) is 20.7 Å². The molecule has 0 atom stereocenters. The lowest BCUT2D eigenvalue weighted by atomic mass is 10.1. The Balaban J connectivity index is 1.99. The minimum absolute atomic E-state index is 0.0506. The summed E-state index contributed by atoms with van der Waals surface area (Å²) in [6.07, 6.45) is 0. The number of non-ortho nitro benzene ring substituents is 1. The summed E-state index contributed by atoms with van der Waals surface area (Å²) in [6, 6.07) is 11.9. The van der Waals surface area contributed by atoms with Gasteiger partial charge in [-0.15, -0.1) is 0 Å². The minimum Gasteiger partial charge on any atom is -0.398 e. The number of hydrogen-bond donors (Lipinski definition) is 1. The molecule has 0 heterocycles. The molecule has 0 bridgehead atoms. The first kappa shape index (κ1) is 15.7. The van der Waals surface area contributed by atoms with Crippen molar-refractivity contribution in [3.05, 3.63) is 69.8 Å². The second-order valence-electron chi connectivity index (χ2n) is 4.39. The van der Waals surface area contributed by atoms with Crippen molar-refractivity contribution in [2.45, 2.75) is 0 Å². The van der Waals surface area contributed by atoms with Crippen LogP contribution in [-0.2, 0) is 0 Å². The summed E-state index contributed by atoms with van der Waals surface area (Å²) in [5.74, 6) is -0.326. The number of carbonyl (C=O) groups excluding carboxylic acids is 2. The molecule has 0 unspecified atom stereocenters. The first-order valence-electron chi connectivity index (χ1n) is 6.28. The van der Waals surface area contributed by atoms with Gasteiger partial charge in [-0.3, -0.25) is 19.7 Å². The molecule has 2 aromatic rings. The summed E-state index contributed by atoms with van der Waals surface area (Å²) in [7, 11) is 0. The topological polar surface area (TPSA) is 103 Å². The summed E-state index contributed by atoms with van der Waals surface area (Å²) in [5, 5.41) is 10.3. The highest BCUT2D eigenvalue weighted by Gasteiger charge is 2.14. The van der Waals surface area contributed by atoms with Crippen molar-refractivity contribution in [3.63, 3.8) is 0 Å². The van der Waals surface area contributed by atoms with Gasteiger partial charge in [0.25, 0.3) is 5.69 Å². The molecule has 7 heteroatoms. The van der Waals surface area contributed by atoms with Gasteiger partial charge in [0.05, 0.1) is 16.2 Å². The van der Waals surface area contributed by atoms with E-state index < -0.39 is 4.92 Å². The third kappa shape index (κ3) is 3.70. The lowest BCUT2D eigenvalue weighted by Crippen LogP contribution is -2.07. The molecule has 0 saturated heterocycles. The van der Waals surface area contributed by atoms with E-state index in [1.807, 2.05) is 0 Å². The number of thioether (sulfide) groups is 1. The number of benzene rings is 2. The number of ketones is 1. The second-order valence-corrected chi connectivity index (χ2v) is 5.34. The summed E-state index contributed by atoms with van der Waals surface area (Å²) < 4.78 is 0. The maximum Gasteiger partial charge on any atom is 0.269 e. The molecule has 0 fully saturated rings. The lowest BCUT2D eigenvalue weighted by molar-refractivity contribution is -0.384. The van der Waals surface area contributed by atoms with Crippen LogP contribution in [0.15, 0.2) is 48.5 Å². The number of anilines is 1. The molecular formula is C15H12N2O4S. The minimum atomic E-state index is -0.537. The molecular weight excluding hydrogens is 304 g/mol. The third-order valence-corrected chi connectivity index (χ3v) is 3.80. The van der Waals surface area contributed by atoms with Gasteiger partial charge in [0.15, 0.2) is 5.78 Å². The largest absolute Gasteiger partial charge is 0.398 e. The van der Waals surface area contributed by atoms with E-state index in [0.717, 1.165) is 11.8 Å². The van der Waals surface area contributed by atoms with Gasteiger partial charge in [-0.2, -0.15) is 0 Å². The lowest BCUT2D eigenvalue weighted by Gasteiger charge is -2.04. The number of carbonyl (C=O) groups is 2. The van der Waals surface area contributed by atoms with Gasteiger partial charge < -0.3 is 5.73 Å². The number of nitrogen functional groups attached to an aromatic ring is 1. The predicted molar refractivity (Wildman–Crippen MR) is 85.1 cm³/mol. The van der Waals surface area contributed by atoms with Gasteiger partial charge in [0.2, 0.25) is 5.12 Å². The standard InChI is InChI=1S/C15H12N2O4S/c16-13-4-2-1-3-12(13)15(19)22-9-14(18)10-5-7-11(8-6-10)17(20)21/h1-8H,9,16H2. The molecule has 2 rings (SSSR count). The van der Waals surface area contributed by atoms with E-state index in [0.29, 0.717) is 16.8 Å². The van der Waals surface area contributed by atoms with Gasteiger partial charge in [0, 0.05) is 23.4 Å². The Morgan fingerprint density at radius 2 is 1.73 bits per heavy atom. The molecule has 2 N–H and O–H groups in total. The highest BCUT2D eigenvalue weighted by molar-refractivity contribution is 8.14. The van der Waals surface area contributed by atoms with Gasteiger partial charge in [-0.1, -0.05) is 23.9 Å². The van der Waals surface area contributed by atoms with Crippen molar-refractivity contribution >= 4 is 34.0 Å². The molecule has 6 nitrogen and oxygen atoms in total. The number of nitrogens with two attached hydrogens (primary N) is 1. The Kier molecular flexibility index (Phi) is 4.90. The number of rotatable bonds is 5. The molecule has 0 aliphatic carbocycles. The summed E-state index contributed by atoms with van der Waals surface area (Å²) in [5.41, 5.74) is 6.67. The zero-order chi connectivity index (χ0) is 16.1.